The molecular formula is C30H34F4O2. The van der Waals surface area contributed by atoms with Gasteiger partial charge < -0.3 is 9.47 Å². The highest BCUT2D eigenvalue weighted by Crippen LogP contribution is 2.30. The molecule has 0 fully saturated rings. The molecule has 0 amide bonds. The SMILES string of the molecule is CCCCCc1ccc(-c2ccc(OC(F)(F)CCc3ccc(OCCCC)c(F)c3F)cc2)cc1. The van der Waals surface area contributed by atoms with Crippen LogP contribution < -0.4 is 9.47 Å². The van der Waals surface area contributed by atoms with Gasteiger partial charge in [-0.05, 0) is 66.1 Å². The van der Waals surface area contributed by atoms with Gasteiger partial charge >= 0.3 is 6.11 Å². The highest BCUT2D eigenvalue weighted by Gasteiger charge is 2.32. The van der Waals surface area contributed by atoms with Gasteiger partial charge in [0.1, 0.15) is 5.75 Å². The highest BCUT2D eigenvalue weighted by molar-refractivity contribution is 5.64. The molecule has 194 valence electrons. The van der Waals surface area contributed by atoms with E-state index >= 15 is 0 Å². The van der Waals surface area contributed by atoms with Crippen LogP contribution in [0.2, 0.25) is 0 Å². The van der Waals surface area contributed by atoms with Crippen LogP contribution in [-0.2, 0) is 12.8 Å². The van der Waals surface area contributed by atoms with Crippen LogP contribution in [0, 0.1) is 11.6 Å². The van der Waals surface area contributed by atoms with E-state index in [2.05, 4.69) is 19.1 Å². The highest BCUT2D eigenvalue weighted by atomic mass is 19.3. The van der Waals surface area contributed by atoms with Crippen molar-refractivity contribution in [2.75, 3.05) is 6.61 Å². The number of benzene rings is 3. The Balaban J connectivity index is 1.56. The maximum atomic E-state index is 14.4. The van der Waals surface area contributed by atoms with E-state index in [9.17, 15) is 17.6 Å². The molecule has 0 saturated heterocycles. The number of halogens is 4. The zero-order chi connectivity index (χ0) is 26.0. The standard InChI is InChI=1S/C30H34F4O2/c1-3-5-7-8-22-9-11-23(12-10-22)24-13-16-26(17-14-24)36-30(33,34)20-19-25-15-18-27(29(32)28(25)31)35-21-6-4-2/h9-18H,3-8,19-21H2,1-2H3. The largest absolute Gasteiger partial charge is 0.490 e. The Labute approximate surface area is 211 Å². The normalized spacial score (nSPS) is 11.5. The van der Waals surface area contributed by atoms with E-state index in [1.165, 1.54) is 42.7 Å². The van der Waals surface area contributed by atoms with E-state index in [1.54, 1.807) is 12.1 Å². The van der Waals surface area contributed by atoms with Crippen LogP contribution in [0.4, 0.5) is 17.6 Å². The van der Waals surface area contributed by atoms with Crippen LogP contribution in [0.5, 0.6) is 11.5 Å². The quantitative estimate of drug-likeness (QED) is 0.162. The Kier molecular flexibility index (Phi) is 10.2. The fraction of sp³-hybridized carbons (Fsp3) is 0.400. The number of hydrogen-bond acceptors (Lipinski definition) is 2. The van der Waals surface area contributed by atoms with E-state index < -0.39 is 24.2 Å². The van der Waals surface area contributed by atoms with E-state index in [0.717, 1.165) is 30.4 Å². The molecule has 6 heteroatoms. The molecule has 0 unspecified atom stereocenters. The third kappa shape index (κ3) is 8.00. The lowest BCUT2D eigenvalue weighted by Crippen LogP contribution is -2.25. The third-order valence-electron chi connectivity index (χ3n) is 6.05. The number of hydrogen-bond donors (Lipinski definition) is 0. The van der Waals surface area contributed by atoms with Crippen molar-refractivity contribution in [1.82, 2.24) is 0 Å². The van der Waals surface area contributed by atoms with Crippen LogP contribution in [0.25, 0.3) is 11.1 Å². The lowest BCUT2D eigenvalue weighted by atomic mass is 10.0. The predicted octanol–water partition coefficient (Wildman–Crippen LogP) is 9.15. The van der Waals surface area contributed by atoms with Crippen LogP contribution in [0.15, 0.2) is 60.7 Å². The van der Waals surface area contributed by atoms with Gasteiger partial charge in [-0.1, -0.05) is 75.6 Å². The number of ether oxygens (including phenoxy) is 2. The van der Waals surface area contributed by atoms with E-state index in [0.29, 0.717) is 6.42 Å². The summed E-state index contributed by atoms with van der Waals surface area (Å²) in [5, 5.41) is 0. The summed E-state index contributed by atoms with van der Waals surface area (Å²) in [6.45, 7) is 4.39. The number of aryl methyl sites for hydroxylation is 2. The maximum absolute atomic E-state index is 14.4. The average Bonchev–Trinajstić information content (AvgIpc) is 2.87. The van der Waals surface area contributed by atoms with Crippen LogP contribution in [0.1, 0.15) is 63.5 Å². The van der Waals surface area contributed by atoms with Crippen molar-refractivity contribution in [1.29, 1.82) is 0 Å². The van der Waals surface area contributed by atoms with E-state index in [4.69, 9.17) is 9.47 Å². The fourth-order valence-corrected chi connectivity index (χ4v) is 3.86. The Bertz CT molecular complexity index is 1080. The number of alkyl halides is 2. The second-order valence-corrected chi connectivity index (χ2v) is 8.97. The maximum Gasteiger partial charge on any atom is 0.398 e. The van der Waals surface area contributed by atoms with E-state index in [1.807, 2.05) is 19.1 Å². The van der Waals surface area contributed by atoms with Crippen molar-refractivity contribution in [2.24, 2.45) is 0 Å². The smallest absolute Gasteiger partial charge is 0.398 e. The van der Waals surface area contributed by atoms with Crippen molar-refractivity contribution in [3.05, 3.63) is 83.4 Å². The second kappa shape index (κ2) is 13.3. The summed E-state index contributed by atoms with van der Waals surface area (Å²) in [7, 11) is 0. The summed E-state index contributed by atoms with van der Waals surface area (Å²) in [6.07, 6.45) is 1.45. The van der Waals surface area contributed by atoms with Gasteiger partial charge in [0.2, 0.25) is 5.82 Å². The number of rotatable bonds is 14. The molecule has 0 radical (unpaired) electrons. The van der Waals surface area contributed by atoms with Crippen molar-refractivity contribution < 1.29 is 27.0 Å². The molecular weight excluding hydrogens is 468 g/mol. The minimum Gasteiger partial charge on any atom is -0.490 e. The average molecular weight is 503 g/mol. The van der Waals surface area contributed by atoms with Gasteiger partial charge in [0, 0.05) is 0 Å². The Morgan fingerprint density at radius 3 is 1.97 bits per heavy atom. The molecule has 0 aliphatic rings. The summed E-state index contributed by atoms with van der Waals surface area (Å²) in [6, 6.07) is 17.2. The number of unbranched alkanes of at least 4 members (excludes halogenated alkanes) is 3. The lowest BCUT2D eigenvalue weighted by molar-refractivity contribution is -0.180. The third-order valence-corrected chi connectivity index (χ3v) is 6.05. The zero-order valence-corrected chi connectivity index (χ0v) is 21.0. The summed E-state index contributed by atoms with van der Waals surface area (Å²) in [5.41, 5.74) is 3.02. The molecule has 0 aromatic heterocycles. The predicted molar refractivity (Wildman–Crippen MR) is 136 cm³/mol. The minimum absolute atomic E-state index is 0.00580. The Morgan fingerprint density at radius 1 is 0.694 bits per heavy atom. The summed E-state index contributed by atoms with van der Waals surface area (Å²) >= 11 is 0. The molecule has 0 saturated carbocycles. The van der Waals surface area contributed by atoms with Gasteiger partial charge in [0.25, 0.3) is 0 Å². The van der Waals surface area contributed by atoms with Crippen LogP contribution in [0.3, 0.4) is 0 Å². The second-order valence-electron chi connectivity index (χ2n) is 8.97. The van der Waals surface area contributed by atoms with Crippen molar-refractivity contribution in [2.45, 2.75) is 71.3 Å². The van der Waals surface area contributed by atoms with Crippen molar-refractivity contribution in [3.8, 4) is 22.6 Å². The van der Waals surface area contributed by atoms with Crippen LogP contribution in [-0.4, -0.2) is 12.7 Å². The molecule has 2 nitrogen and oxygen atoms in total. The summed E-state index contributed by atoms with van der Waals surface area (Å²) in [5.74, 6) is -2.52. The first-order valence-corrected chi connectivity index (χ1v) is 12.7. The molecule has 0 aliphatic carbocycles. The molecule has 0 heterocycles. The summed E-state index contributed by atoms with van der Waals surface area (Å²) < 4.78 is 67.5. The molecule has 0 bridgehead atoms. The molecule has 0 N–H and O–H groups in total. The summed E-state index contributed by atoms with van der Waals surface area (Å²) in [4.78, 5) is 0. The first-order valence-electron chi connectivity index (χ1n) is 12.7. The van der Waals surface area contributed by atoms with Gasteiger partial charge in [-0.15, -0.1) is 0 Å². The Morgan fingerprint density at radius 2 is 1.33 bits per heavy atom. The van der Waals surface area contributed by atoms with Crippen molar-refractivity contribution >= 4 is 0 Å². The topological polar surface area (TPSA) is 18.5 Å². The minimum atomic E-state index is -3.54. The first kappa shape index (κ1) is 27.6. The van der Waals surface area contributed by atoms with Gasteiger partial charge in [0.05, 0.1) is 13.0 Å². The molecule has 0 spiro atoms. The Hall–Kier alpha value is -3.02. The zero-order valence-electron chi connectivity index (χ0n) is 21.0. The molecule has 0 atom stereocenters. The van der Waals surface area contributed by atoms with Gasteiger partial charge in [0.15, 0.2) is 11.6 Å². The molecule has 3 aromatic carbocycles. The van der Waals surface area contributed by atoms with Gasteiger partial charge in [-0.3, -0.25) is 0 Å². The molecule has 3 aromatic rings. The monoisotopic (exact) mass is 502 g/mol. The van der Waals surface area contributed by atoms with E-state index in [-0.39, 0.29) is 30.1 Å². The lowest BCUT2D eigenvalue weighted by Gasteiger charge is -2.19. The molecule has 3 rings (SSSR count). The van der Waals surface area contributed by atoms with Crippen LogP contribution >= 0.6 is 0 Å². The van der Waals surface area contributed by atoms with Gasteiger partial charge in [-0.25, -0.2) is 4.39 Å². The fourth-order valence-electron chi connectivity index (χ4n) is 3.86. The first-order chi connectivity index (χ1) is 17.3. The van der Waals surface area contributed by atoms with Gasteiger partial charge in [-0.2, -0.15) is 13.2 Å². The molecule has 0 aliphatic heterocycles. The molecule has 36 heavy (non-hydrogen) atoms. The van der Waals surface area contributed by atoms with Crippen molar-refractivity contribution in [3.63, 3.8) is 0 Å².